The number of amides is 2. The van der Waals surface area contributed by atoms with Crippen molar-refractivity contribution < 1.29 is 14.5 Å². The van der Waals surface area contributed by atoms with E-state index in [0.29, 0.717) is 12.0 Å². The number of carbonyl (C=O) groups excluding carboxylic acids is 2. The lowest BCUT2D eigenvalue weighted by atomic mass is 10.2. The lowest BCUT2D eigenvalue weighted by Gasteiger charge is -2.09. The fourth-order valence-corrected chi connectivity index (χ4v) is 1.29. The van der Waals surface area contributed by atoms with Crippen molar-refractivity contribution in [2.24, 2.45) is 5.10 Å². The van der Waals surface area contributed by atoms with Crippen molar-refractivity contribution >= 4 is 23.7 Å². The Morgan fingerprint density at radius 2 is 1.95 bits per heavy atom. The van der Waals surface area contributed by atoms with Gasteiger partial charge in [0.25, 0.3) is 5.69 Å². The summed E-state index contributed by atoms with van der Waals surface area (Å²) in [5.74, 6) is -1.63. The van der Waals surface area contributed by atoms with E-state index >= 15 is 0 Å². The van der Waals surface area contributed by atoms with Gasteiger partial charge in [-0.1, -0.05) is 6.92 Å². The topological polar surface area (TPSA) is 114 Å². The molecular weight excluding hydrogens is 276 g/mol. The molecule has 0 fully saturated rings. The smallest absolute Gasteiger partial charge is 0.329 e. The third-order valence-electron chi connectivity index (χ3n) is 2.68. The second-order valence-corrected chi connectivity index (χ2v) is 4.33. The van der Waals surface area contributed by atoms with Gasteiger partial charge in [0.05, 0.1) is 11.1 Å². The van der Waals surface area contributed by atoms with E-state index in [1.54, 1.807) is 6.92 Å². The largest absolute Gasteiger partial charge is 0.345 e. The molecule has 0 aliphatic rings. The molecule has 112 valence electrons. The minimum atomic E-state index is -0.867. The minimum absolute atomic E-state index is 0.0379. The summed E-state index contributed by atoms with van der Waals surface area (Å²) in [6.07, 6.45) is 2.00. The highest BCUT2D eigenvalue weighted by Crippen LogP contribution is 2.10. The van der Waals surface area contributed by atoms with Gasteiger partial charge in [0, 0.05) is 18.2 Å². The van der Waals surface area contributed by atoms with Crippen LogP contribution in [-0.2, 0) is 9.59 Å². The van der Waals surface area contributed by atoms with Gasteiger partial charge in [-0.3, -0.25) is 19.7 Å². The highest BCUT2D eigenvalue weighted by atomic mass is 16.6. The van der Waals surface area contributed by atoms with Crippen LogP contribution in [0.5, 0.6) is 0 Å². The van der Waals surface area contributed by atoms with E-state index in [-0.39, 0.29) is 11.7 Å². The van der Waals surface area contributed by atoms with Crippen LogP contribution in [-0.4, -0.2) is 29.0 Å². The first kappa shape index (κ1) is 16.3. The molecule has 0 aliphatic carbocycles. The van der Waals surface area contributed by atoms with Gasteiger partial charge in [-0.05, 0) is 31.0 Å². The number of carbonyl (C=O) groups is 2. The molecule has 0 unspecified atom stereocenters. The van der Waals surface area contributed by atoms with E-state index in [1.807, 2.05) is 6.92 Å². The molecule has 21 heavy (non-hydrogen) atoms. The van der Waals surface area contributed by atoms with E-state index in [1.165, 1.54) is 30.5 Å². The lowest BCUT2D eigenvalue weighted by molar-refractivity contribution is -0.384. The van der Waals surface area contributed by atoms with Crippen LogP contribution in [0.3, 0.4) is 0 Å². The molecule has 0 spiro atoms. The molecule has 1 rings (SSSR count). The summed E-state index contributed by atoms with van der Waals surface area (Å²) in [7, 11) is 0. The van der Waals surface area contributed by atoms with E-state index in [4.69, 9.17) is 0 Å². The number of nitrogens with one attached hydrogen (secondary N) is 2. The highest BCUT2D eigenvalue weighted by molar-refractivity contribution is 6.35. The van der Waals surface area contributed by atoms with E-state index < -0.39 is 16.7 Å². The maximum atomic E-state index is 11.4. The number of nitrogens with zero attached hydrogens (tertiary/aromatic N) is 2. The Morgan fingerprint density at radius 1 is 1.33 bits per heavy atom. The fourth-order valence-electron chi connectivity index (χ4n) is 1.29. The van der Waals surface area contributed by atoms with Crippen molar-refractivity contribution in [2.75, 3.05) is 0 Å². The molecule has 2 N–H and O–H groups in total. The second kappa shape index (κ2) is 7.73. The average Bonchev–Trinajstić information content (AvgIpc) is 2.47. The highest BCUT2D eigenvalue weighted by Gasteiger charge is 2.14. The van der Waals surface area contributed by atoms with Crippen molar-refractivity contribution in [1.82, 2.24) is 10.7 Å². The summed E-state index contributed by atoms with van der Waals surface area (Å²) in [6, 6.07) is 5.50. The van der Waals surface area contributed by atoms with Crippen LogP contribution in [0, 0.1) is 10.1 Å². The van der Waals surface area contributed by atoms with Gasteiger partial charge in [-0.2, -0.15) is 5.10 Å². The molecule has 8 nitrogen and oxygen atoms in total. The van der Waals surface area contributed by atoms with Crippen LogP contribution in [0.1, 0.15) is 25.8 Å². The Kier molecular flexibility index (Phi) is 5.99. The molecule has 0 heterocycles. The Morgan fingerprint density at radius 3 is 2.48 bits per heavy atom. The third kappa shape index (κ3) is 5.39. The molecule has 0 bridgehead atoms. The summed E-state index contributed by atoms with van der Waals surface area (Å²) >= 11 is 0. The zero-order valence-corrected chi connectivity index (χ0v) is 11.7. The van der Waals surface area contributed by atoms with Crippen LogP contribution >= 0.6 is 0 Å². The third-order valence-corrected chi connectivity index (χ3v) is 2.68. The van der Waals surface area contributed by atoms with Gasteiger partial charge in [0.15, 0.2) is 0 Å². The maximum Gasteiger partial charge on any atom is 0.329 e. The quantitative estimate of drug-likeness (QED) is 0.364. The minimum Gasteiger partial charge on any atom is -0.345 e. The summed E-state index contributed by atoms with van der Waals surface area (Å²) in [5, 5.41) is 16.6. The monoisotopic (exact) mass is 292 g/mol. The average molecular weight is 292 g/mol. The van der Waals surface area contributed by atoms with Crippen LogP contribution in [0.2, 0.25) is 0 Å². The second-order valence-electron chi connectivity index (χ2n) is 4.33. The van der Waals surface area contributed by atoms with Gasteiger partial charge in [-0.15, -0.1) is 0 Å². The molecule has 0 radical (unpaired) electrons. The molecule has 0 saturated heterocycles. The molecule has 2 amide bonds. The van der Waals surface area contributed by atoms with E-state index in [9.17, 15) is 19.7 Å². The molecule has 0 saturated carbocycles. The fraction of sp³-hybridized carbons (Fsp3) is 0.308. The normalized spacial score (nSPS) is 11.9. The standard InChI is InChI=1S/C13H16N4O4/c1-3-9(2)15-12(18)13(19)16-14-8-10-4-6-11(7-5-10)17(20)21/h4-9H,3H2,1-2H3,(H,15,18)(H,16,19)/b14-8-/t9-/m1/s1. The summed E-state index contributed by atoms with van der Waals surface area (Å²) in [5.41, 5.74) is 2.60. The number of benzene rings is 1. The van der Waals surface area contributed by atoms with Crippen molar-refractivity contribution in [2.45, 2.75) is 26.3 Å². The van der Waals surface area contributed by atoms with Crippen molar-refractivity contribution in [3.8, 4) is 0 Å². The number of non-ortho nitro benzene ring substituents is 1. The predicted octanol–water partition coefficient (Wildman–Crippen LogP) is 0.960. The summed E-state index contributed by atoms with van der Waals surface area (Å²) in [6.45, 7) is 3.67. The number of rotatable bonds is 5. The Bertz CT molecular complexity index is 554. The zero-order chi connectivity index (χ0) is 15.8. The van der Waals surface area contributed by atoms with Gasteiger partial charge >= 0.3 is 11.8 Å². The van der Waals surface area contributed by atoms with Crippen LogP contribution < -0.4 is 10.7 Å². The number of nitro groups is 1. The lowest BCUT2D eigenvalue weighted by Crippen LogP contribution is -2.41. The van der Waals surface area contributed by atoms with Crippen molar-refractivity contribution in [3.63, 3.8) is 0 Å². The Balaban J connectivity index is 2.52. The maximum absolute atomic E-state index is 11.4. The van der Waals surface area contributed by atoms with E-state index in [2.05, 4.69) is 15.8 Å². The predicted molar refractivity (Wildman–Crippen MR) is 76.7 cm³/mol. The summed E-state index contributed by atoms with van der Waals surface area (Å²) in [4.78, 5) is 32.8. The van der Waals surface area contributed by atoms with Crippen molar-refractivity contribution in [1.29, 1.82) is 0 Å². The molecule has 0 aliphatic heterocycles. The molecule has 1 aromatic carbocycles. The van der Waals surface area contributed by atoms with Crippen LogP contribution in [0.15, 0.2) is 29.4 Å². The molecule has 8 heteroatoms. The van der Waals surface area contributed by atoms with Crippen molar-refractivity contribution in [3.05, 3.63) is 39.9 Å². The number of nitro benzene ring substituents is 1. The first-order valence-electron chi connectivity index (χ1n) is 6.32. The molecular formula is C13H16N4O4. The SMILES string of the molecule is CC[C@@H](C)NC(=O)C(=O)N/N=C\c1ccc([N+](=O)[O-])cc1. The van der Waals surface area contributed by atoms with E-state index in [0.717, 1.165) is 0 Å². The molecule has 1 aromatic rings. The first-order valence-corrected chi connectivity index (χ1v) is 6.32. The van der Waals surface area contributed by atoms with Gasteiger partial charge in [-0.25, -0.2) is 5.43 Å². The molecule has 0 aromatic heterocycles. The Hall–Kier alpha value is -2.77. The van der Waals surface area contributed by atoms with Crippen LogP contribution in [0.4, 0.5) is 5.69 Å². The summed E-state index contributed by atoms with van der Waals surface area (Å²) < 4.78 is 0. The number of hydrazone groups is 1. The number of hydrogen-bond acceptors (Lipinski definition) is 5. The number of hydrogen-bond donors (Lipinski definition) is 2. The first-order chi connectivity index (χ1) is 9.93. The zero-order valence-electron chi connectivity index (χ0n) is 11.7. The van der Waals surface area contributed by atoms with Gasteiger partial charge < -0.3 is 5.32 Å². The van der Waals surface area contributed by atoms with Gasteiger partial charge in [0.1, 0.15) is 0 Å². The van der Waals surface area contributed by atoms with Gasteiger partial charge in [0.2, 0.25) is 0 Å². The van der Waals surface area contributed by atoms with Crippen LogP contribution in [0.25, 0.3) is 0 Å². The Labute approximate surface area is 121 Å². The molecule has 1 atom stereocenters.